The van der Waals surface area contributed by atoms with E-state index in [1.54, 1.807) is 4.90 Å². The Morgan fingerprint density at radius 2 is 1.64 bits per heavy atom. The van der Waals surface area contributed by atoms with Gasteiger partial charge in [-0.1, -0.05) is 36.4 Å². The maximum atomic E-state index is 12.3. The Morgan fingerprint density at radius 1 is 0.929 bits per heavy atom. The number of nitrogens with zero attached hydrogens (tertiary/aromatic N) is 3. The van der Waals surface area contributed by atoms with Crippen molar-refractivity contribution in [2.75, 3.05) is 43.0 Å². The van der Waals surface area contributed by atoms with E-state index in [-0.39, 0.29) is 6.03 Å². The van der Waals surface area contributed by atoms with Crippen molar-refractivity contribution in [3.05, 3.63) is 60.2 Å². The molecule has 2 amide bonds. The van der Waals surface area contributed by atoms with Crippen molar-refractivity contribution in [2.24, 2.45) is 0 Å². The summed E-state index contributed by atoms with van der Waals surface area (Å²) in [6.45, 7) is 5.88. The minimum Gasteiger partial charge on any atom is -0.371 e. The molecule has 5 heteroatoms. The third kappa shape index (κ3) is 3.99. The Bertz CT molecular complexity index is 801. The highest BCUT2D eigenvalue weighted by Crippen LogP contribution is 2.27. The molecular formula is C23H30N4O. The fraction of sp³-hybridized carbons (Fsp3) is 0.435. The number of carbonyl (C=O) groups excluding carboxylic acids is 1. The summed E-state index contributed by atoms with van der Waals surface area (Å²) in [5, 5.41) is 3.79. The number of benzene rings is 2. The monoisotopic (exact) mass is 378 g/mol. The molecule has 2 aromatic rings. The molecule has 0 saturated carbocycles. The first-order chi connectivity index (χ1) is 13.6. The van der Waals surface area contributed by atoms with E-state index < -0.39 is 0 Å². The van der Waals surface area contributed by atoms with Crippen LogP contribution in [0.25, 0.3) is 0 Å². The van der Waals surface area contributed by atoms with Crippen molar-refractivity contribution in [1.29, 1.82) is 0 Å². The lowest BCUT2D eigenvalue weighted by atomic mass is 10.0. The summed E-state index contributed by atoms with van der Waals surface area (Å²) in [5.41, 5.74) is 3.57. The third-order valence-electron chi connectivity index (χ3n) is 6.00. The van der Waals surface area contributed by atoms with Gasteiger partial charge in [-0.05, 0) is 43.5 Å². The number of amides is 2. The molecule has 0 aliphatic carbocycles. The quantitative estimate of drug-likeness (QED) is 0.858. The fourth-order valence-corrected chi connectivity index (χ4v) is 4.24. The predicted octanol–water partition coefficient (Wildman–Crippen LogP) is 3.88. The number of anilines is 2. The molecule has 2 saturated heterocycles. The van der Waals surface area contributed by atoms with Crippen molar-refractivity contribution >= 4 is 17.4 Å². The van der Waals surface area contributed by atoms with E-state index in [0.29, 0.717) is 12.1 Å². The first kappa shape index (κ1) is 18.8. The van der Waals surface area contributed by atoms with Gasteiger partial charge in [0.15, 0.2) is 0 Å². The standard InChI is InChI=1S/C23H30N4O/c1-18(19-7-4-3-5-8-19)24-20-11-13-26(14-12-20)21-9-6-10-22(17-21)27-16-15-25(2)23(27)28/h3-10,17-18,20,24H,11-16H2,1-2H3/t18-/m1/s1. The Morgan fingerprint density at radius 3 is 2.32 bits per heavy atom. The lowest BCUT2D eigenvalue weighted by Gasteiger charge is -2.35. The van der Waals surface area contributed by atoms with Crippen LogP contribution in [0.3, 0.4) is 0 Å². The maximum Gasteiger partial charge on any atom is 0.324 e. The molecular weight excluding hydrogens is 348 g/mol. The molecule has 2 aromatic carbocycles. The first-order valence-electron chi connectivity index (χ1n) is 10.3. The molecule has 2 aliphatic rings. The normalized spacial score (nSPS) is 19.4. The van der Waals surface area contributed by atoms with Crippen LogP contribution in [0.5, 0.6) is 0 Å². The van der Waals surface area contributed by atoms with E-state index in [4.69, 9.17) is 0 Å². The summed E-state index contributed by atoms with van der Waals surface area (Å²) >= 11 is 0. The second-order valence-corrected chi connectivity index (χ2v) is 7.94. The van der Waals surface area contributed by atoms with Gasteiger partial charge >= 0.3 is 6.03 Å². The van der Waals surface area contributed by atoms with Gasteiger partial charge in [0.05, 0.1) is 0 Å². The molecule has 0 bridgehead atoms. The molecule has 0 unspecified atom stereocenters. The van der Waals surface area contributed by atoms with Crippen molar-refractivity contribution in [1.82, 2.24) is 10.2 Å². The average molecular weight is 379 g/mol. The van der Waals surface area contributed by atoms with Crippen LogP contribution in [0, 0.1) is 0 Å². The fourth-order valence-electron chi connectivity index (χ4n) is 4.24. The van der Waals surface area contributed by atoms with Gasteiger partial charge < -0.3 is 15.1 Å². The van der Waals surface area contributed by atoms with Crippen molar-refractivity contribution < 1.29 is 4.79 Å². The number of urea groups is 1. The van der Waals surface area contributed by atoms with Crippen LogP contribution in [0.4, 0.5) is 16.2 Å². The van der Waals surface area contributed by atoms with Gasteiger partial charge in [-0.2, -0.15) is 0 Å². The van der Waals surface area contributed by atoms with E-state index in [9.17, 15) is 4.79 Å². The molecule has 4 rings (SSSR count). The first-order valence-corrected chi connectivity index (χ1v) is 10.3. The van der Waals surface area contributed by atoms with E-state index >= 15 is 0 Å². The topological polar surface area (TPSA) is 38.8 Å². The zero-order valence-electron chi connectivity index (χ0n) is 16.8. The van der Waals surface area contributed by atoms with Crippen LogP contribution in [-0.4, -0.2) is 50.2 Å². The molecule has 28 heavy (non-hydrogen) atoms. The molecule has 2 heterocycles. The van der Waals surface area contributed by atoms with Crippen LogP contribution in [0.2, 0.25) is 0 Å². The highest BCUT2D eigenvalue weighted by atomic mass is 16.2. The summed E-state index contributed by atoms with van der Waals surface area (Å²) in [6.07, 6.45) is 2.26. The molecule has 0 aromatic heterocycles. The van der Waals surface area contributed by atoms with Crippen molar-refractivity contribution in [3.63, 3.8) is 0 Å². The van der Waals surface area contributed by atoms with Gasteiger partial charge in [-0.25, -0.2) is 4.79 Å². The van der Waals surface area contributed by atoms with Crippen LogP contribution in [-0.2, 0) is 0 Å². The minimum atomic E-state index is 0.0926. The molecule has 0 radical (unpaired) electrons. The van der Waals surface area contributed by atoms with Gasteiger partial charge in [0.1, 0.15) is 0 Å². The lowest BCUT2D eigenvalue weighted by Crippen LogP contribution is -2.43. The third-order valence-corrected chi connectivity index (χ3v) is 6.00. The van der Waals surface area contributed by atoms with E-state index in [0.717, 1.165) is 44.7 Å². The Balaban J connectivity index is 1.35. The number of hydrogen-bond donors (Lipinski definition) is 1. The van der Waals surface area contributed by atoms with Crippen LogP contribution >= 0.6 is 0 Å². The Labute approximate surface area is 167 Å². The average Bonchev–Trinajstić information content (AvgIpc) is 3.08. The number of carbonyl (C=O) groups is 1. The van der Waals surface area contributed by atoms with E-state index in [1.165, 1.54) is 11.3 Å². The van der Waals surface area contributed by atoms with Gasteiger partial charge in [-0.15, -0.1) is 0 Å². The van der Waals surface area contributed by atoms with Crippen LogP contribution < -0.4 is 15.1 Å². The minimum absolute atomic E-state index is 0.0926. The summed E-state index contributed by atoms with van der Waals surface area (Å²) in [4.78, 5) is 18.4. The van der Waals surface area contributed by atoms with Gasteiger partial charge in [0.2, 0.25) is 0 Å². The van der Waals surface area contributed by atoms with Crippen LogP contribution in [0.15, 0.2) is 54.6 Å². The number of hydrogen-bond acceptors (Lipinski definition) is 3. The number of rotatable bonds is 5. The second-order valence-electron chi connectivity index (χ2n) is 7.94. The number of nitrogens with one attached hydrogen (secondary N) is 1. The molecule has 1 N–H and O–H groups in total. The summed E-state index contributed by atoms with van der Waals surface area (Å²) in [7, 11) is 1.86. The highest BCUT2D eigenvalue weighted by Gasteiger charge is 2.27. The maximum absolute atomic E-state index is 12.3. The Kier molecular flexibility index (Phi) is 5.53. The molecule has 5 nitrogen and oxygen atoms in total. The predicted molar refractivity (Wildman–Crippen MR) is 115 cm³/mol. The van der Waals surface area contributed by atoms with Gasteiger partial charge in [0, 0.05) is 56.7 Å². The molecule has 1 atom stereocenters. The van der Waals surface area contributed by atoms with E-state index in [1.807, 2.05) is 18.0 Å². The molecule has 0 spiro atoms. The molecule has 2 aliphatic heterocycles. The highest BCUT2D eigenvalue weighted by molar-refractivity contribution is 5.94. The van der Waals surface area contributed by atoms with Crippen molar-refractivity contribution in [2.45, 2.75) is 31.8 Å². The number of likely N-dealkylation sites (N-methyl/N-ethyl adjacent to an activating group) is 1. The number of piperidine rings is 1. The lowest BCUT2D eigenvalue weighted by molar-refractivity contribution is 0.229. The summed E-state index contributed by atoms with van der Waals surface area (Å²) < 4.78 is 0. The van der Waals surface area contributed by atoms with Gasteiger partial charge in [0.25, 0.3) is 0 Å². The van der Waals surface area contributed by atoms with Crippen LogP contribution in [0.1, 0.15) is 31.4 Å². The second kappa shape index (κ2) is 8.23. The molecule has 148 valence electrons. The SMILES string of the molecule is C[C@@H](NC1CCN(c2cccc(N3CCN(C)C3=O)c2)CC1)c1ccccc1. The Hall–Kier alpha value is -2.53. The zero-order chi connectivity index (χ0) is 19.5. The zero-order valence-corrected chi connectivity index (χ0v) is 16.8. The van der Waals surface area contributed by atoms with Gasteiger partial charge in [-0.3, -0.25) is 4.90 Å². The van der Waals surface area contributed by atoms with Crippen molar-refractivity contribution in [3.8, 4) is 0 Å². The smallest absolute Gasteiger partial charge is 0.324 e. The summed E-state index contributed by atoms with van der Waals surface area (Å²) in [6, 6.07) is 20.1. The molecule has 2 fully saturated rings. The largest absolute Gasteiger partial charge is 0.371 e. The van der Waals surface area contributed by atoms with E-state index in [2.05, 4.69) is 65.7 Å². The summed E-state index contributed by atoms with van der Waals surface area (Å²) in [5.74, 6) is 0.